The van der Waals surface area contributed by atoms with E-state index in [2.05, 4.69) is 15.3 Å². The number of carboxylic acid groups (broad SMARTS) is 1. The molecule has 2 heterocycles. The number of benzene rings is 1. The maximum absolute atomic E-state index is 11.4. The third-order valence-electron chi connectivity index (χ3n) is 4.31. The number of carbonyl (C=O) groups is 1. The van der Waals surface area contributed by atoms with Crippen LogP contribution >= 0.6 is 11.3 Å². The van der Waals surface area contributed by atoms with Crippen molar-refractivity contribution in [2.45, 2.75) is 13.3 Å². The number of nitrogens with one attached hydrogen (secondary N) is 1. The molecule has 2 aromatic heterocycles. The van der Waals surface area contributed by atoms with E-state index in [1.807, 2.05) is 25.1 Å². The Morgan fingerprint density at radius 3 is 2.67 bits per heavy atom. The molecule has 0 amide bonds. The van der Waals surface area contributed by atoms with Crippen LogP contribution in [-0.2, 0) is 6.42 Å². The Bertz CT molecular complexity index is 1020. The molecule has 0 fully saturated rings. The van der Waals surface area contributed by atoms with Gasteiger partial charge in [0.1, 0.15) is 29.4 Å². The number of nitrogens with zero attached hydrogens (tertiary/aromatic N) is 2. The van der Waals surface area contributed by atoms with Gasteiger partial charge in [0.15, 0.2) is 4.88 Å². The molecule has 0 aliphatic heterocycles. The van der Waals surface area contributed by atoms with Crippen LogP contribution in [0.15, 0.2) is 36.7 Å². The predicted molar refractivity (Wildman–Crippen MR) is 115 cm³/mol. The minimum absolute atomic E-state index is 0.159. The van der Waals surface area contributed by atoms with Gasteiger partial charge in [0.2, 0.25) is 0 Å². The summed E-state index contributed by atoms with van der Waals surface area (Å²) in [4.78, 5) is 20.8. The molecule has 0 aliphatic carbocycles. The summed E-state index contributed by atoms with van der Waals surface area (Å²) in [5, 5.41) is 12.6. The van der Waals surface area contributed by atoms with E-state index in [1.165, 1.54) is 6.33 Å². The fraction of sp³-hybridized carbons (Fsp3) is 0.286. The third-order valence-corrected chi connectivity index (χ3v) is 5.43. The van der Waals surface area contributed by atoms with Gasteiger partial charge < -0.3 is 24.6 Å². The van der Waals surface area contributed by atoms with Crippen LogP contribution < -0.4 is 19.5 Å². The van der Waals surface area contributed by atoms with E-state index in [-0.39, 0.29) is 4.88 Å². The smallest absolute Gasteiger partial charge is 0.349 e. The number of aromatic nitrogens is 2. The second-order valence-corrected chi connectivity index (χ2v) is 7.24. The number of rotatable bonds is 10. The van der Waals surface area contributed by atoms with Gasteiger partial charge in [-0.05, 0) is 25.0 Å². The van der Waals surface area contributed by atoms with Gasteiger partial charge in [-0.1, -0.05) is 6.07 Å². The summed E-state index contributed by atoms with van der Waals surface area (Å²) in [6.07, 6.45) is 2.18. The first kappa shape index (κ1) is 21.4. The summed E-state index contributed by atoms with van der Waals surface area (Å²) in [5.74, 6) is 1.49. The van der Waals surface area contributed by atoms with Crippen molar-refractivity contribution >= 4 is 23.1 Å². The quantitative estimate of drug-likeness (QED) is 0.499. The van der Waals surface area contributed by atoms with Crippen LogP contribution in [-0.4, -0.2) is 48.4 Å². The standard InChI is InChI=1S/C21H23N3O5S/c1-4-29-17-11-18(30-20(17)21(25)26)15-10-19(24-12-23-15)22-8-7-13-5-6-14(27-2)9-16(13)28-3/h5-6,9-12H,4,7-8H2,1-3H3,(H,25,26)(H,22,23,24). The highest BCUT2D eigenvalue weighted by Gasteiger charge is 2.18. The maximum Gasteiger partial charge on any atom is 0.349 e. The number of anilines is 1. The monoisotopic (exact) mass is 429 g/mol. The molecule has 0 aliphatic rings. The van der Waals surface area contributed by atoms with Crippen molar-refractivity contribution in [1.82, 2.24) is 9.97 Å². The lowest BCUT2D eigenvalue weighted by Crippen LogP contribution is -2.07. The summed E-state index contributed by atoms with van der Waals surface area (Å²) in [5.41, 5.74) is 1.68. The largest absolute Gasteiger partial charge is 0.497 e. The van der Waals surface area contributed by atoms with Crippen molar-refractivity contribution in [3.05, 3.63) is 47.1 Å². The number of hydrogen-bond donors (Lipinski definition) is 2. The molecule has 3 aromatic rings. The lowest BCUT2D eigenvalue weighted by molar-refractivity contribution is 0.0698. The highest BCUT2D eigenvalue weighted by molar-refractivity contribution is 7.17. The van der Waals surface area contributed by atoms with Gasteiger partial charge >= 0.3 is 5.97 Å². The number of thiophene rings is 1. The summed E-state index contributed by atoms with van der Waals surface area (Å²) in [7, 11) is 3.25. The molecule has 2 N–H and O–H groups in total. The molecule has 0 radical (unpaired) electrons. The van der Waals surface area contributed by atoms with Gasteiger partial charge in [0.05, 0.1) is 31.4 Å². The van der Waals surface area contributed by atoms with Crippen LogP contribution in [0.2, 0.25) is 0 Å². The molecule has 3 rings (SSSR count). The summed E-state index contributed by atoms with van der Waals surface area (Å²) >= 11 is 1.13. The second-order valence-electron chi connectivity index (χ2n) is 6.19. The SMILES string of the molecule is CCOc1cc(-c2cc(NCCc3ccc(OC)cc3OC)ncn2)sc1C(=O)O. The van der Waals surface area contributed by atoms with Crippen molar-refractivity contribution in [1.29, 1.82) is 0 Å². The first-order valence-corrected chi connectivity index (χ1v) is 10.1. The molecule has 30 heavy (non-hydrogen) atoms. The zero-order valence-electron chi connectivity index (χ0n) is 17.0. The lowest BCUT2D eigenvalue weighted by atomic mass is 10.1. The van der Waals surface area contributed by atoms with Crippen LogP contribution in [0, 0.1) is 0 Å². The van der Waals surface area contributed by atoms with E-state index in [0.717, 1.165) is 34.8 Å². The zero-order chi connectivity index (χ0) is 21.5. The van der Waals surface area contributed by atoms with E-state index in [1.54, 1.807) is 26.4 Å². The first-order valence-electron chi connectivity index (χ1n) is 9.32. The molecule has 0 atom stereocenters. The maximum atomic E-state index is 11.4. The van der Waals surface area contributed by atoms with E-state index in [9.17, 15) is 9.90 Å². The van der Waals surface area contributed by atoms with Gasteiger partial charge in [-0.3, -0.25) is 0 Å². The zero-order valence-corrected chi connectivity index (χ0v) is 17.8. The van der Waals surface area contributed by atoms with Crippen molar-refractivity contribution in [3.8, 4) is 27.8 Å². The van der Waals surface area contributed by atoms with Gasteiger partial charge in [-0.2, -0.15) is 0 Å². The molecule has 0 saturated carbocycles. The summed E-state index contributed by atoms with van der Waals surface area (Å²) < 4.78 is 16.1. The lowest BCUT2D eigenvalue weighted by Gasteiger charge is -2.11. The van der Waals surface area contributed by atoms with Crippen molar-refractivity contribution in [3.63, 3.8) is 0 Å². The second kappa shape index (κ2) is 9.93. The molecule has 0 bridgehead atoms. The molecule has 1 aromatic carbocycles. The Hall–Kier alpha value is -3.33. The molecule has 158 valence electrons. The average molecular weight is 429 g/mol. The molecule has 8 nitrogen and oxygen atoms in total. The number of carboxylic acids is 1. The normalized spacial score (nSPS) is 10.5. The fourth-order valence-corrected chi connectivity index (χ4v) is 3.79. The molecular weight excluding hydrogens is 406 g/mol. The van der Waals surface area contributed by atoms with Crippen LogP contribution in [0.1, 0.15) is 22.2 Å². The Morgan fingerprint density at radius 1 is 1.13 bits per heavy atom. The molecule has 0 saturated heterocycles. The minimum atomic E-state index is -1.02. The summed E-state index contributed by atoms with van der Waals surface area (Å²) in [6, 6.07) is 9.21. The Morgan fingerprint density at radius 2 is 1.97 bits per heavy atom. The molecule has 0 unspecified atom stereocenters. The van der Waals surface area contributed by atoms with Gasteiger partial charge in [-0.25, -0.2) is 14.8 Å². The van der Waals surface area contributed by atoms with Crippen LogP contribution in [0.4, 0.5) is 5.82 Å². The van der Waals surface area contributed by atoms with E-state index >= 15 is 0 Å². The van der Waals surface area contributed by atoms with Gasteiger partial charge in [0.25, 0.3) is 0 Å². The number of aromatic carboxylic acids is 1. The minimum Gasteiger partial charge on any atom is -0.497 e. The number of hydrogen-bond acceptors (Lipinski definition) is 8. The summed E-state index contributed by atoms with van der Waals surface area (Å²) in [6.45, 7) is 2.84. The van der Waals surface area contributed by atoms with Crippen LogP contribution in [0.25, 0.3) is 10.6 Å². The Kier molecular flexibility index (Phi) is 7.08. The Balaban J connectivity index is 1.71. The number of methoxy groups -OCH3 is 2. The molecular formula is C21H23N3O5S. The van der Waals surface area contributed by atoms with E-state index in [0.29, 0.717) is 35.3 Å². The van der Waals surface area contributed by atoms with Crippen LogP contribution in [0.3, 0.4) is 0 Å². The van der Waals surface area contributed by atoms with E-state index in [4.69, 9.17) is 14.2 Å². The highest BCUT2D eigenvalue weighted by atomic mass is 32.1. The van der Waals surface area contributed by atoms with Crippen molar-refractivity contribution in [2.24, 2.45) is 0 Å². The fourth-order valence-electron chi connectivity index (χ4n) is 2.88. The third kappa shape index (κ3) is 4.98. The number of ether oxygens (including phenoxy) is 3. The first-order chi connectivity index (χ1) is 14.5. The predicted octanol–water partition coefficient (Wildman–Crippen LogP) is 3.97. The van der Waals surface area contributed by atoms with Gasteiger partial charge in [0, 0.05) is 24.7 Å². The van der Waals surface area contributed by atoms with Crippen LogP contribution in [0.5, 0.6) is 17.2 Å². The average Bonchev–Trinajstić information content (AvgIpc) is 3.19. The topological polar surface area (TPSA) is 103 Å². The highest BCUT2D eigenvalue weighted by Crippen LogP contribution is 2.36. The Labute approximate surface area is 178 Å². The molecule has 9 heteroatoms. The van der Waals surface area contributed by atoms with Gasteiger partial charge in [-0.15, -0.1) is 11.3 Å². The van der Waals surface area contributed by atoms with Crippen molar-refractivity contribution < 1.29 is 24.1 Å². The molecule has 0 spiro atoms. The van der Waals surface area contributed by atoms with Crippen molar-refractivity contribution in [2.75, 3.05) is 32.7 Å². The van der Waals surface area contributed by atoms with E-state index < -0.39 is 5.97 Å².